The SMILES string of the molecule is NC(=O)c1cccnc1N1CC(NC(=O)C2CCOCC2)C(C2CC2)C1. The van der Waals surface area contributed by atoms with E-state index in [4.69, 9.17) is 10.5 Å². The van der Waals surface area contributed by atoms with E-state index in [0.29, 0.717) is 43.0 Å². The van der Waals surface area contributed by atoms with Gasteiger partial charge in [-0.2, -0.15) is 0 Å². The van der Waals surface area contributed by atoms with E-state index in [1.807, 2.05) is 0 Å². The molecule has 3 fully saturated rings. The van der Waals surface area contributed by atoms with E-state index in [1.165, 1.54) is 12.8 Å². The molecule has 3 N–H and O–H groups in total. The molecule has 0 radical (unpaired) electrons. The Bertz CT molecular complexity index is 685. The Morgan fingerprint density at radius 1 is 1.19 bits per heavy atom. The Morgan fingerprint density at radius 2 is 1.96 bits per heavy atom. The van der Waals surface area contributed by atoms with Gasteiger partial charge in [0.1, 0.15) is 5.82 Å². The van der Waals surface area contributed by atoms with Gasteiger partial charge in [-0.15, -0.1) is 0 Å². The van der Waals surface area contributed by atoms with Gasteiger partial charge < -0.3 is 20.7 Å². The summed E-state index contributed by atoms with van der Waals surface area (Å²) in [6.45, 7) is 2.81. The summed E-state index contributed by atoms with van der Waals surface area (Å²) < 4.78 is 5.36. The molecule has 2 aliphatic heterocycles. The zero-order valence-corrected chi connectivity index (χ0v) is 14.9. The minimum Gasteiger partial charge on any atom is -0.381 e. The number of carbonyl (C=O) groups excluding carboxylic acids is 2. The Morgan fingerprint density at radius 3 is 2.65 bits per heavy atom. The van der Waals surface area contributed by atoms with Crippen molar-refractivity contribution in [2.45, 2.75) is 31.7 Å². The molecule has 2 atom stereocenters. The smallest absolute Gasteiger partial charge is 0.252 e. The summed E-state index contributed by atoms with van der Waals surface area (Å²) in [5.41, 5.74) is 5.96. The van der Waals surface area contributed by atoms with Crippen molar-refractivity contribution in [3.05, 3.63) is 23.9 Å². The number of hydrogen-bond acceptors (Lipinski definition) is 5. The lowest BCUT2D eigenvalue weighted by atomic mass is 9.95. The number of hydrogen-bond donors (Lipinski definition) is 2. The lowest BCUT2D eigenvalue weighted by Crippen LogP contribution is -2.45. The van der Waals surface area contributed by atoms with Crippen molar-refractivity contribution in [3.63, 3.8) is 0 Å². The van der Waals surface area contributed by atoms with E-state index < -0.39 is 5.91 Å². The molecular weight excluding hydrogens is 332 g/mol. The zero-order valence-electron chi connectivity index (χ0n) is 14.9. The number of primary amides is 1. The lowest BCUT2D eigenvalue weighted by Gasteiger charge is -2.25. The van der Waals surface area contributed by atoms with Gasteiger partial charge in [0, 0.05) is 44.3 Å². The van der Waals surface area contributed by atoms with Gasteiger partial charge in [0.2, 0.25) is 5.91 Å². The van der Waals surface area contributed by atoms with E-state index in [9.17, 15) is 9.59 Å². The van der Waals surface area contributed by atoms with Crippen LogP contribution in [0.2, 0.25) is 0 Å². The molecule has 1 aromatic rings. The number of nitrogens with two attached hydrogens (primary N) is 1. The molecule has 140 valence electrons. The molecule has 7 nitrogen and oxygen atoms in total. The quantitative estimate of drug-likeness (QED) is 0.816. The summed E-state index contributed by atoms with van der Waals surface area (Å²) in [7, 11) is 0. The van der Waals surface area contributed by atoms with Crippen molar-refractivity contribution < 1.29 is 14.3 Å². The molecular formula is C19H26N4O3. The second-order valence-corrected chi connectivity index (χ2v) is 7.65. The predicted octanol–water partition coefficient (Wildman–Crippen LogP) is 0.938. The maximum atomic E-state index is 12.7. The first-order chi connectivity index (χ1) is 12.6. The molecule has 26 heavy (non-hydrogen) atoms. The molecule has 1 aromatic heterocycles. The first kappa shape index (κ1) is 17.3. The van der Waals surface area contributed by atoms with Crippen LogP contribution in [0.4, 0.5) is 5.82 Å². The monoisotopic (exact) mass is 358 g/mol. The van der Waals surface area contributed by atoms with E-state index in [1.54, 1.807) is 18.3 Å². The van der Waals surface area contributed by atoms with Crippen LogP contribution < -0.4 is 16.0 Å². The van der Waals surface area contributed by atoms with Crippen LogP contribution in [0.3, 0.4) is 0 Å². The molecule has 0 bridgehead atoms. The van der Waals surface area contributed by atoms with Gasteiger partial charge in [-0.25, -0.2) is 4.98 Å². The second-order valence-electron chi connectivity index (χ2n) is 7.65. The summed E-state index contributed by atoms with van der Waals surface area (Å²) in [6, 6.07) is 3.54. The van der Waals surface area contributed by atoms with E-state index in [-0.39, 0.29) is 17.9 Å². The Balaban J connectivity index is 1.49. The highest BCUT2D eigenvalue weighted by atomic mass is 16.5. The number of aromatic nitrogens is 1. The molecule has 4 rings (SSSR count). The van der Waals surface area contributed by atoms with Crippen LogP contribution in [0.15, 0.2) is 18.3 Å². The van der Waals surface area contributed by atoms with Crippen LogP contribution in [0, 0.1) is 17.8 Å². The van der Waals surface area contributed by atoms with Crippen LogP contribution >= 0.6 is 0 Å². The zero-order chi connectivity index (χ0) is 18.1. The largest absolute Gasteiger partial charge is 0.381 e. The maximum Gasteiger partial charge on any atom is 0.252 e. The summed E-state index contributed by atoms with van der Waals surface area (Å²) in [6.07, 6.45) is 5.70. The maximum absolute atomic E-state index is 12.7. The molecule has 1 saturated carbocycles. The third kappa shape index (κ3) is 3.53. The van der Waals surface area contributed by atoms with Gasteiger partial charge in [0.15, 0.2) is 0 Å². The molecule has 2 unspecified atom stereocenters. The number of anilines is 1. The molecule has 3 heterocycles. The average molecular weight is 358 g/mol. The van der Waals surface area contributed by atoms with Crippen molar-refractivity contribution in [2.24, 2.45) is 23.5 Å². The number of pyridine rings is 1. The van der Waals surface area contributed by atoms with Crippen LogP contribution in [-0.2, 0) is 9.53 Å². The summed E-state index contributed by atoms with van der Waals surface area (Å²) in [4.78, 5) is 30.9. The standard InChI is InChI=1S/C19H26N4O3/c20-17(24)14-2-1-7-21-18(14)23-10-15(12-3-4-12)16(11-23)22-19(25)13-5-8-26-9-6-13/h1-2,7,12-13,15-16H,3-6,8-11H2,(H2,20,24)(H,22,25). The number of nitrogens with zero attached hydrogens (tertiary/aromatic N) is 2. The van der Waals surface area contributed by atoms with Gasteiger partial charge in [0.05, 0.1) is 11.6 Å². The van der Waals surface area contributed by atoms with Crippen LogP contribution in [0.5, 0.6) is 0 Å². The van der Waals surface area contributed by atoms with E-state index in [2.05, 4.69) is 15.2 Å². The first-order valence-corrected chi connectivity index (χ1v) is 9.51. The summed E-state index contributed by atoms with van der Waals surface area (Å²) in [5.74, 6) is 1.41. The number of nitrogens with one attached hydrogen (secondary N) is 1. The van der Waals surface area contributed by atoms with Crippen molar-refractivity contribution >= 4 is 17.6 Å². The highest BCUT2D eigenvalue weighted by molar-refractivity contribution is 5.97. The van der Waals surface area contributed by atoms with Crippen molar-refractivity contribution in [2.75, 3.05) is 31.2 Å². The molecule has 0 spiro atoms. The summed E-state index contributed by atoms with van der Waals surface area (Å²) in [5, 5.41) is 3.29. The van der Waals surface area contributed by atoms with Crippen molar-refractivity contribution in [1.82, 2.24) is 10.3 Å². The minimum absolute atomic E-state index is 0.0497. The highest BCUT2D eigenvalue weighted by Gasteiger charge is 2.44. The van der Waals surface area contributed by atoms with Gasteiger partial charge in [-0.05, 0) is 43.7 Å². The third-order valence-electron chi connectivity index (χ3n) is 5.86. The van der Waals surface area contributed by atoms with Crippen molar-refractivity contribution in [3.8, 4) is 0 Å². The van der Waals surface area contributed by atoms with Gasteiger partial charge >= 0.3 is 0 Å². The van der Waals surface area contributed by atoms with Gasteiger partial charge in [-0.1, -0.05) is 0 Å². The normalized spacial score (nSPS) is 26.7. The van der Waals surface area contributed by atoms with E-state index >= 15 is 0 Å². The van der Waals surface area contributed by atoms with Crippen LogP contribution in [-0.4, -0.2) is 49.1 Å². The van der Waals surface area contributed by atoms with Crippen LogP contribution in [0.25, 0.3) is 0 Å². The number of amides is 2. The number of ether oxygens (including phenoxy) is 1. The Labute approximate surface area is 153 Å². The highest BCUT2D eigenvalue weighted by Crippen LogP contribution is 2.42. The molecule has 3 aliphatic rings. The fraction of sp³-hybridized carbons (Fsp3) is 0.632. The fourth-order valence-electron chi connectivity index (χ4n) is 4.26. The number of rotatable bonds is 5. The number of carbonyl (C=O) groups is 2. The third-order valence-corrected chi connectivity index (χ3v) is 5.86. The van der Waals surface area contributed by atoms with Gasteiger partial charge in [0.25, 0.3) is 5.91 Å². The lowest BCUT2D eigenvalue weighted by molar-refractivity contribution is -0.128. The molecule has 7 heteroatoms. The molecule has 2 saturated heterocycles. The molecule has 0 aromatic carbocycles. The molecule has 1 aliphatic carbocycles. The van der Waals surface area contributed by atoms with Crippen LogP contribution in [0.1, 0.15) is 36.0 Å². The summed E-state index contributed by atoms with van der Waals surface area (Å²) >= 11 is 0. The molecule has 2 amide bonds. The predicted molar refractivity (Wildman–Crippen MR) is 96.7 cm³/mol. The first-order valence-electron chi connectivity index (χ1n) is 9.51. The van der Waals surface area contributed by atoms with E-state index in [0.717, 1.165) is 19.4 Å². The topological polar surface area (TPSA) is 97.5 Å². The Kier molecular flexibility index (Phi) is 4.80. The average Bonchev–Trinajstić information content (AvgIpc) is 3.43. The Hall–Kier alpha value is -2.15. The minimum atomic E-state index is -0.467. The second kappa shape index (κ2) is 7.23. The van der Waals surface area contributed by atoms with Gasteiger partial charge in [-0.3, -0.25) is 9.59 Å². The van der Waals surface area contributed by atoms with Crippen molar-refractivity contribution in [1.29, 1.82) is 0 Å². The fourth-order valence-corrected chi connectivity index (χ4v) is 4.26.